The first kappa shape index (κ1) is 25.0. The second-order valence-electron chi connectivity index (χ2n) is 8.80. The number of benzene rings is 2. The molecule has 1 amide bonds. The number of piperazine rings is 1. The van der Waals surface area contributed by atoms with E-state index in [-0.39, 0.29) is 19.0 Å². The van der Waals surface area contributed by atoms with Crippen molar-refractivity contribution in [1.82, 2.24) is 20.0 Å². The molecule has 184 valence electrons. The number of anilines is 1. The molecule has 0 bridgehead atoms. The number of halogens is 3. The minimum atomic E-state index is -2.74. The van der Waals surface area contributed by atoms with Crippen molar-refractivity contribution in [3.63, 3.8) is 0 Å². The summed E-state index contributed by atoms with van der Waals surface area (Å²) in [5.41, 5.74) is 3.26. The van der Waals surface area contributed by atoms with Gasteiger partial charge in [-0.2, -0.15) is 0 Å². The number of nitrogens with one attached hydrogen (secondary N) is 1. The Hall–Kier alpha value is -3.10. The van der Waals surface area contributed by atoms with E-state index >= 15 is 0 Å². The van der Waals surface area contributed by atoms with Crippen molar-refractivity contribution in [3.8, 4) is 11.3 Å². The Labute approximate surface area is 208 Å². The molecule has 0 aliphatic carbocycles. The highest BCUT2D eigenvalue weighted by molar-refractivity contribution is 6.34. The number of carbonyl (C=O) groups excluding carboxylic acids is 1. The van der Waals surface area contributed by atoms with Crippen molar-refractivity contribution >= 4 is 23.3 Å². The van der Waals surface area contributed by atoms with E-state index in [0.29, 0.717) is 49.1 Å². The summed E-state index contributed by atoms with van der Waals surface area (Å²) in [7, 11) is 0. The van der Waals surface area contributed by atoms with Crippen molar-refractivity contribution in [3.05, 3.63) is 76.8 Å². The van der Waals surface area contributed by atoms with Crippen molar-refractivity contribution in [2.45, 2.75) is 19.3 Å². The Bertz CT molecular complexity index is 1130. The summed E-state index contributed by atoms with van der Waals surface area (Å²) in [6.45, 7) is 2.30. The van der Waals surface area contributed by atoms with E-state index < -0.39 is 5.92 Å². The fourth-order valence-corrected chi connectivity index (χ4v) is 4.46. The molecule has 1 fully saturated rings. The summed E-state index contributed by atoms with van der Waals surface area (Å²) < 4.78 is 26.6. The van der Waals surface area contributed by atoms with Crippen molar-refractivity contribution in [2.24, 2.45) is 0 Å². The predicted molar refractivity (Wildman–Crippen MR) is 134 cm³/mol. The zero-order valence-electron chi connectivity index (χ0n) is 19.6. The molecule has 1 N–H and O–H groups in total. The van der Waals surface area contributed by atoms with E-state index in [2.05, 4.69) is 15.5 Å². The van der Waals surface area contributed by atoms with Gasteiger partial charge in [-0.3, -0.25) is 9.69 Å². The standard InChI is InChI=1S/C26H28ClF2N5O/c1-26(28,29)18-33-12-14-34(15-13-33)22(35)17-30-25-21(16-19-8-4-2-5-9-19)23(27)24(31-32-25)20-10-6-3-7-11-20/h2-11H,12-18H2,1H3,(H,30,32). The highest BCUT2D eigenvalue weighted by atomic mass is 35.5. The van der Waals surface area contributed by atoms with E-state index in [9.17, 15) is 13.6 Å². The highest BCUT2D eigenvalue weighted by Gasteiger charge is 2.29. The first-order chi connectivity index (χ1) is 16.8. The summed E-state index contributed by atoms with van der Waals surface area (Å²) in [6, 6.07) is 19.5. The summed E-state index contributed by atoms with van der Waals surface area (Å²) >= 11 is 6.83. The number of aromatic nitrogens is 2. The normalized spacial score (nSPS) is 14.7. The zero-order valence-corrected chi connectivity index (χ0v) is 20.3. The summed E-state index contributed by atoms with van der Waals surface area (Å²) in [5.74, 6) is -2.41. The van der Waals surface area contributed by atoms with Gasteiger partial charge in [0.25, 0.3) is 5.92 Å². The van der Waals surface area contributed by atoms with Crippen LogP contribution in [0.3, 0.4) is 0 Å². The third-order valence-electron chi connectivity index (χ3n) is 5.91. The molecule has 0 spiro atoms. The van der Waals surface area contributed by atoms with Gasteiger partial charge in [0.1, 0.15) is 5.69 Å². The third-order valence-corrected chi connectivity index (χ3v) is 6.32. The van der Waals surface area contributed by atoms with Gasteiger partial charge in [0.15, 0.2) is 5.82 Å². The molecule has 0 radical (unpaired) electrons. The maximum absolute atomic E-state index is 13.3. The van der Waals surface area contributed by atoms with Crippen LogP contribution in [0.5, 0.6) is 0 Å². The van der Waals surface area contributed by atoms with Crippen molar-refractivity contribution < 1.29 is 13.6 Å². The van der Waals surface area contributed by atoms with E-state index in [4.69, 9.17) is 11.6 Å². The van der Waals surface area contributed by atoms with Gasteiger partial charge >= 0.3 is 0 Å². The number of amides is 1. The monoisotopic (exact) mass is 499 g/mol. The molecule has 1 saturated heterocycles. The molecule has 9 heteroatoms. The molecule has 3 aromatic rings. The van der Waals surface area contributed by atoms with Crippen LogP contribution in [0.4, 0.5) is 14.6 Å². The summed E-state index contributed by atoms with van der Waals surface area (Å²) in [4.78, 5) is 16.2. The molecule has 2 aromatic carbocycles. The van der Waals surface area contributed by atoms with E-state index in [0.717, 1.165) is 23.6 Å². The van der Waals surface area contributed by atoms with Gasteiger partial charge in [-0.25, -0.2) is 8.78 Å². The van der Waals surface area contributed by atoms with Crippen molar-refractivity contribution in [1.29, 1.82) is 0 Å². The Balaban J connectivity index is 1.48. The lowest BCUT2D eigenvalue weighted by molar-refractivity contribution is -0.131. The van der Waals surface area contributed by atoms with Crippen LogP contribution in [-0.4, -0.2) is 71.1 Å². The summed E-state index contributed by atoms with van der Waals surface area (Å²) in [5, 5.41) is 12.3. The number of nitrogens with zero attached hydrogens (tertiary/aromatic N) is 4. The van der Waals surface area contributed by atoms with Crippen LogP contribution in [0.15, 0.2) is 60.7 Å². The molecule has 0 atom stereocenters. The van der Waals surface area contributed by atoms with Crippen LogP contribution >= 0.6 is 11.6 Å². The molecule has 4 rings (SSSR count). The smallest absolute Gasteiger partial charge is 0.257 e. The number of alkyl halides is 2. The predicted octanol–water partition coefficient (Wildman–Crippen LogP) is 4.60. The number of hydrogen-bond acceptors (Lipinski definition) is 5. The Kier molecular flexibility index (Phi) is 7.93. The molecule has 35 heavy (non-hydrogen) atoms. The zero-order chi connectivity index (χ0) is 24.8. The lowest BCUT2D eigenvalue weighted by Gasteiger charge is -2.35. The van der Waals surface area contributed by atoms with Crippen LogP contribution in [-0.2, 0) is 11.2 Å². The quantitative estimate of drug-likeness (QED) is 0.491. The molecule has 1 aromatic heterocycles. The molecule has 1 aliphatic heterocycles. The molecular weight excluding hydrogens is 472 g/mol. The first-order valence-corrected chi connectivity index (χ1v) is 11.9. The summed E-state index contributed by atoms with van der Waals surface area (Å²) in [6.07, 6.45) is 0.523. The molecular formula is C26H28ClF2N5O. The number of rotatable bonds is 8. The Morgan fingerprint density at radius 2 is 1.63 bits per heavy atom. The minimum Gasteiger partial charge on any atom is -0.359 e. The van der Waals surface area contributed by atoms with E-state index in [1.54, 1.807) is 9.80 Å². The fourth-order valence-electron chi connectivity index (χ4n) is 4.15. The third kappa shape index (κ3) is 6.74. The van der Waals surface area contributed by atoms with Crippen LogP contribution in [0, 0.1) is 0 Å². The largest absolute Gasteiger partial charge is 0.359 e. The average Bonchev–Trinajstić information content (AvgIpc) is 2.85. The van der Waals surface area contributed by atoms with Crippen LogP contribution in [0.25, 0.3) is 11.3 Å². The Morgan fingerprint density at radius 3 is 2.26 bits per heavy atom. The molecule has 0 saturated carbocycles. The van der Waals surface area contributed by atoms with Gasteiger partial charge < -0.3 is 10.2 Å². The lowest BCUT2D eigenvalue weighted by Crippen LogP contribution is -2.52. The first-order valence-electron chi connectivity index (χ1n) is 11.6. The van der Waals surface area contributed by atoms with E-state index in [1.807, 2.05) is 60.7 Å². The van der Waals surface area contributed by atoms with Crippen molar-refractivity contribution in [2.75, 3.05) is 44.6 Å². The lowest BCUT2D eigenvalue weighted by atomic mass is 10.0. The van der Waals surface area contributed by atoms with E-state index in [1.165, 1.54) is 0 Å². The van der Waals surface area contributed by atoms with Gasteiger partial charge in [-0.05, 0) is 5.56 Å². The number of hydrogen-bond donors (Lipinski definition) is 1. The second-order valence-corrected chi connectivity index (χ2v) is 9.18. The second kappa shape index (κ2) is 11.1. The SMILES string of the molecule is CC(F)(F)CN1CCN(C(=O)CNc2nnc(-c3ccccc3)c(Cl)c2Cc2ccccc2)CC1. The maximum Gasteiger partial charge on any atom is 0.257 e. The van der Waals surface area contributed by atoms with Gasteiger partial charge in [-0.15, -0.1) is 10.2 Å². The fraction of sp³-hybridized carbons (Fsp3) is 0.346. The van der Waals surface area contributed by atoms with Crippen LogP contribution < -0.4 is 5.32 Å². The highest BCUT2D eigenvalue weighted by Crippen LogP contribution is 2.33. The van der Waals surface area contributed by atoms with Gasteiger partial charge in [-0.1, -0.05) is 72.3 Å². The Morgan fingerprint density at radius 1 is 1.00 bits per heavy atom. The van der Waals surface area contributed by atoms with Crippen LogP contribution in [0.1, 0.15) is 18.1 Å². The van der Waals surface area contributed by atoms with Crippen LogP contribution in [0.2, 0.25) is 5.02 Å². The van der Waals surface area contributed by atoms with Gasteiger partial charge in [0.05, 0.1) is 18.1 Å². The molecule has 2 heterocycles. The van der Waals surface area contributed by atoms with Gasteiger partial charge in [0.2, 0.25) is 5.91 Å². The molecule has 0 unspecified atom stereocenters. The average molecular weight is 500 g/mol. The van der Waals surface area contributed by atoms with Gasteiger partial charge in [0, 0.05) is 50.7 Å². The number of carbonyl (C=O) groups is 1. The molecule has 1 aliphatic rings. The topological polar surface area (TPSA) is 61.4 Å². The minimum absolute atomic E-state index is 0.0153. The molecule has 6 nitrogen and oxygen atoms in total. The maximum atomic E-state index is 13.3.